The second kappa shape index (κ2) is 4.98. The molecule has 2 nitrogen and oxygen atoms in total. The summed E-state index contributed by atoms with van der Waals surface area (Å²) in [6.07, 6.45) is 5.41. The standard InChI is InChI=1S/C12H21BrN2/c1-3-15(8-9(2)13)12-6-10-4-5-11(7-12)14-10/h10-12,14H,2-8H2,1H3. The molecule has 0 aromatic heterocycles. The second-order valence-corrected chi connectivity index (χ2v) is 5.96. The van der Waals surface area contributed by atoms with Gasteiger partial charge in [-0.3, -0.25) is 4.90 Å². The van der Waals surface area contributed by atoms with Crippen LogP contribution in [-0.4, -0.2) is 36.1 Å². The largest absolute Gasteiger partial charge is 0.311 e. The Balaban J connectivity index is 1.93. The van der Waals surface area contributed by atoms with Crippen molar-refractivity contribution < 1.29 is 0 Å². The van der Waals surface area contributed by atoms with Gasteiger partial charge in [0, 0.05) is 29.2 Å². The van der Waals surface area contributed by atoms with Gasteiger partial charge in [-0.05, 0) is 32.2 Å². The van der Waals surface area contributed by atoms with Gasteiger partial charge in [0.25, 0.3) is 0 Å². The number of piperidine rings is 1. The van der Waals surface area contributed by atoms with Crippen LogP contribution in [0, 0.1) is 0 Å². The van der Waals surface area contributed by atoms with E-state index in [1.54, 1.807) is 0 Å². The summed E-state index contributed by atoms with van der Waals surface area (Å²) >= 11 is 3.48. The second-order valence-electron chi connectivity index (χ2n) is 4.84. The zero-order chi connectivity index (χ0) is 10.8. The topological polar surface area (TPSA) is 15.3 Å². The van der Waals surface area contributed by atoms with Crippen LogP contribution in [0.5, 0.6) is 0 Å². The van der Waals surface area contributed by atoms with Crippen LogP contribution < -0.4 is 5.32 Å². The van der Waals surface area contributed by atoms with Crippen molar-refractivity contribution in [1.82, 2.24) is 10.2 Å². The molecule has 2 aliphatic rings. The number of nitrogens with zero attached hydrogens (tertiary/aromatic N) is 1. The maximum atomic E-state index is 3.95. The van der Waals surface area contributed by atoms with Crippen molar-refractivity contribution in [3.63, 3.8) is 0 Å². The molecule has 3 heteroatoms. The molecule has 15 heavy (non-hydrogen) atoms. The third kappa shape index (κ3) is 2.83. The quantitative estimate of drug-likeness (QED) is 0.846. The Hall–Kier alpha value is 0.140. The first-order valence-corrected chi connectivity index (χ1v) is 6.81. The molecule has 2 fully saturated rings. The number of fused-ring (bicyclic) bond motifs is 2. The van der Waals surface area contributed by atoms with Gasteiger partial charge in [-0.15, -0.1) is 0 Å². The summed E-state index contributed by atoms with van der Waals surface area (Å²) in [6, 6.07) is 2.33. The Morgan fingerprint density at radius 1 is 1.40 bits per heavy atom. The van der Waals surface area contributed by atoms with Gasteiger partial charge in [-0.1, -0.05) is 29.4 Å². The van der Waals surface area contributed by atoms with E-state index < -0.39 is 0 Å². The highest BCUT2D eigenvalue weighted by molar-refractivity contribution is 9.11. The fourth-order valence-electron chi connectivity index (χ4n) is 3.04. The molecule has 2 unspecified atom stereocenters. The summed E-state index contributed by atoms with van der Waals surface area (Å²) in [7, 11) is 0. The number of rotatable bonds is 4. The molecule has 1 N–H and O–H groups in total. The molecule has 0 spiro atoms. The van der Waals surface area contributed by atoms with E-state index in [0.717, 1.165) is 35.7 Å². The molecule has 0 amide bonds. The van der Waals surface area contributed by atoms with Gasteiger partial charge >= 0.3 is 0 Å². The van der Waals surface area contributed by atoms with Crippen molar-refractivity contribution in [2.75, 3.05) is 13.1 Å². The Morgan fingerprint density at radius 3 is 2.47 bits per heavy atom. The zero-order valence-electron chi connectivity index (χ0n) is 9.51. The summed E-state index contributed by atoms with van der Waals surface area (Å²) in [5.41, 5.74) is 0. The summed E-state index contributed by atoms with van der Waals surface area (Å²) in [4.78, 5) is 2.56. The molecule has 2 heterocycles. The molecular weight excluding hydrogens is 252 g/mol. The number of hydrogen-bond donors (Lipinski definition) is 1. The molecule has 0 saturated carbocycles. The highest BCUT2D eigenvalue weighted by Crippen LogP contribution is 2.30. The van der Waals surface area contributed by atoms with Crippen molar-refractivity contribution in [1.29, 1.82) is 0 Å². The van der Waals surface area contributed by atoms with Gasteiger partial charge in [0.05, 0.1) is 0 Å². The first-order chi connectivity index (χ1) is 7.19. The normalized spacial score (nSPS) is 34.7. The minimum atomic E-state index is 0.767. The molecule has 2 atom stereocenters. The van der Waals surface area contributed by atoms with Crippen LogP contribution in [0.1, 0.15) is 32.6 Å². The van der Waals surface area contributed by atoms with Crippen LogP contribution in [0.25, 0.3) is 0 Å². The SMILES string of the molecule is C=C(Br)CN(CC)C1CC2CCC(C1)N2. The molecule has 2 rings (SSSR count). The summed E-state index contributed by atoms with van der Waals surface area (Å²) in [5.74, 6) is 0. The lowest BCUT2D eigenvalue weighted by atomic mass is 9.98. The van der Waals surface area contributed by atoms with Crippen LogP contribution in [0.15, 0.2) is 11.1 Å². The maximum Gasteiger partial charge on any atom is 0.0296 e. The Labute approximate surface area is 101 Å². The van der Waals surface area contributed by atoms with Crippen molar-refractivity contribution in [2.45, 2.75) is 50.7 Å². The molecule has 0 aliphatic carbocycles. The molecule has 86 valence electrons. The van der Waals surface area contributed by atoms with Crippen LogP contribution in [-0.2, 0) is 0 Å². The lowest BCUT2D eigenvalue weighted by Crippen LogP contribution is -2.48. The number of nitrogens with one attached hydrogen (secondary N) is 1. The van der Waals surface area contributed by atoms with E-state index in [0.29, 0.717) is 0 Å². The maximum absolute atomic E-state index is 3.95. The van der Waals surface area contributed by atoms with Gasteiger partial charge in [-0.25, -0.2) is 0 Å². The average Bonchev–Trinajstić information content (AvgIpc) is 2.54. The van der Waals surface area contributed by atoms with Crippen LogP contribution in [0.4, 0.5) is 0 Å². The van der Waals surface area contributed by atoms with Crippen molar-refractivity contribution in [3.05, 3.63) is 11.1 Å². The van der Waals surface area contributed by atoms with Crippen LogP contribution in [0.2, 0.25) is 0 Å². The third-order valence-electron chi connectivity index (χ3n) is 3.75. The number of halogens is 1. The summed E-state index contributed by atoms with van der Waals surface area (Å²) < 4.78 is 1.11. The van der Waals surface area contributed by atoms with Gasteiger partial charge in [0.15, 0.2) is 0 Å². The van der Waals surface area contributed by atoms with E-state index in [1.807, 2.05) is 0 Å². The number of likely N-dealkylation sites (N-methyl/N-ethyl adjacent to an activating group) is 1. The van der Waals surface area contributed by atoms with Gasteiger partial charge < -0.3 is 5.32 Å². The molecule has 0 radical (unpaired) electrons. The van der Waals surface area contributed by atoms with Crippen molar-refractivity contribution in [3.8, 4) is 0 Å². The predicted molar refractivity (Wildman–Crippen MR) is 68.3 cm³/mol. The Morgan fingerprint density at radius 2 is 2.00 bits per heavy atom. The van der Waals surface area contributed by atoms with Gasteiger partial charge in [0.1, 0.15) is 0 Å². The third-order valence-corrected chi connectivity index (χ3v) is 4.00. The lowest BCUT2D eigenvalue weighted by molar-refractivity contribution is 0.162. The average molecular weight is 273 g/mol. The molecule has 0 aromatic rings. The highest BCUT2D eigenvalue weighted by atomic mass is 79.9. The molecular formula is C12H21BrN2. The Bertz CT molecular complexity index is 230. The van der Waals surface area contributed by atoms with E-state index in [9.17, 15) is 0 Å². The zero-order valence-corrected chi connectivity index (χ0v) is 11.1. The monoisotopic (exact) mass is 272 g/mol. The van der Waals surface area contributed by atoms with E-state index in [1.165, 1.54) is 25.7 Å². The first kappa shape index (κ1) is 11.6. The molecule has 2 aliphatic heterocycles. The predicted octanol–water partition coefficient (Wildman–Crippen LogP) is 2.50. The van der Waals surface area contributed by atoms with E-state index >= 15 is 0 Å². The van der Waals surface area contributed by atoms with Crippen LogP contribution >= 0.6 is 15.9 Å². The number of hydrogen-bond acceptors (Lipinski definition) is 2. The minimum absolute atomic E-state index is 0.767. The molecule has 2 saturated heterocycles. The first-order valence-electron chi connectivity index (χ1n) is 6.02. The fourth-order valence-corrected chi connectivity index (χ4v) is 3.37. The van der Waals surface area contributed by atoms with Gasteiger partial charge in [0.2, 0.25) is 0 Å². The van der Waals surface area contributed by atoms with Crippen molar-refractivity contribution in [2.24, 2.45) is 0 Å². The van der Waals surface area contributed by atoms with E-state index in [-0.39, 0.29) is 0 Å². The smallest absolute Gasteiger partial charge is 0.0296 e. The summed E-state index contributed by atoms with van der Waals surface area (Å²) in [5, 5.41) is 3.69. The lowest BCUT2D eigenvalue weighted by Gasteiger charge is -2.37. The van der Waals surface area contributed by atoms with E-state index in [4.69, 9.17) is 0 Å². The fraction of sp³-hybridized carbons (Fsp3) is 0.833. The van der Waals surface area contributed by atoms with Crippen LogP contribution in [0.3, 0.4) is 0 Å². The van der Waals surface area contributed by atoms with Crippen molar-refractivity contribution >= 4 is 15.9 Å². The molecule has 0 aromatic carbocycles. The molecule has 2 bridgehead atoms. The van der Waals surface area contributed by atoms with E-state index in [2.05, 4.69) is 39.6 Å². The Kier molecular flexibility index (Phi) is 3.86. The minimum Gasteiger partial charge on any atom is -0.311 e. The highest BCUT2D eigenvalue weighted by Gasteiger charge is 2.35. The van der Waals surface area contributed by atoms with Gasteiger partial charge in [-0.2, -0.15) is 0 Å². The summed E-state index contributed by atoms with van der Waals surface area (Å²) in [6.45, 7) is 8.33.